The Morgan fingerprint density at radius 3 is 2.15 bits per heavy atom. The maximum absolute atomic E-state index is 6.36. The minimum Gasteiger partial charge on any atom is -0.490 e. The average molecular weight is 300 g/mol. The molecule has 0 aliphatic heterocycles. The van der Waals surface area contributed by atoms with Crippen LogP contribution in [-0.4, -0.2) is 13.2 Å². The lowest BCUT2D eigenvalue weighted by Crippen LogP contribution is -2.19. The number of nitrogens with two attached hydrogens (primary N) is 1. The van der Waals surface area contributed by atoms with Crippen LogP contribution < -0.4 is 15.2 Å². The Kier molecular flexibility index (Phi) is 7.17. The van der Waals surface area contributed by atoms with Crippen LogP contribution in [0.1, 0.15) is 52.1 Å². The van der Waals surface area contributed by atoms with E-state index in [2.05, 4.69) is 13.8 Å². The minimum absolute atomic E-state index is 0.0858. The summed E-state index contributed by atoms with van der Waals surface area (Å²) in [5, 5.41) is 0.646. The molecule has 0 amide bonds. The zero-order valence-electron chi connectivity index (χ0n) is 12.9. The predicted octanol–water partition coefficient (Wildman–Crippen LogP) is 4.57. The van der Waals surface area contributed by atoms with Crippen molar-refractivity contribution >= 4 is 11.6 Å². The molecular weight excluding hydrogens is 274 g/mol. The van der Waals surface area contributed by atoms with E-state index >= 15 is 0 Å². The second kappa shape index (κ2) is 8.38. The summed E-state index contributed by atoms with van der Waals surface area (Å²) in [6.45, 7) is 9.36. The lowest BCUT2D eigenvalue weighted by molar-refractivity contribution is 0.287. The molecule has 1 rings (SSSR count). The lowest BCUT2D eigenvalue weighted by Gasteiger charge is -2.22. The Hall–Kier alpha value is -0.930. The van der Waals surface area contributed by atoms with Gasteiger partial charge in [-0.15, -0.1) is 0 Å². The molecule has 0 spiro atoms. The molecule has 0 bridgehead atoms. The number of rotatable bonds is 8. The van der Waals surface area contributed by atoms with Crippen molar-refractivity contribution in [1.29, 1.82) is 0 Å². The van der Waals surface area contributed by atoms with E-state index in [-0.39, 0.29) is 6.04 Å². The van der Waals surface area contributed by atoms with E-state index in [9.17, 15) is 0 Å². The van der Waals surface area contributed by atoms with Crippen LogP contribution in [0.15, 0.2) is 12.1 Å². The predicted molar refractivity (Wildman–Crippen MR) is 84.8 cm³/mol. The van der Waals surface area contributed by atoms with Crippen molar-refractivity contribution < 1.29 is 9.47 Å². The standard InChI is InChI=1S/C16H26ClNO2/c1-5-8-11(4)16(18)12-9-14(19-6-2)15(20-7-3)10-13(12)17/h9-11,16H,5-8,18H2,1-4H3. The maximum atomic E-state index is 6.36. The molecule has 0 fully saturated rings. The van der Waals surface area contributed by atoms with Crippen LogP contribution in [0, 0.1) is 5.92 Å². The van der Waals surface area contributed by atoms with Gasteiger partial charge in [0.25, 0.3) is 0 Å². The first kappa shape index (κ1) is 17.1. The van der Waals surface area contributed by atoms with E-state index in [1.54, 1.807) is 0 Å². The van der Waals surface area contributed by atoms with Crippen molar-refractivity contribution in [3.05, 3.63) is 22.7 Å². The third kappa shape index (κ3) is 4.29. The van der Waals surface area contributed by atoms with E-state index in [0.717, 1.165) is 18.4 Å². The average Bonchev–Trinajstić information content (AvgIpc) is 2.41. The Morgan fingerprint density at radius 2 is 1.65 bits per heavy atom. The normalized spacial score (nSPS) is 13.9. The molecule has 3 nitrogen and oxygen atoms in total. The van der Waals surface area contributed by atoms with Gasteiger partial charge < -0.3 is 15.2 Å². The van der Waals surface area contributed by atoms with Crippen molar-refractivity contribution in [3.63, 3.8) is 0 Å². The molecule has 0 aliphatic rings. The molecule has 0 aliphatic carbocycles. The smallest absolute Gasteiger partial charge is 0.162 e. The fraction of sp³-hybridized carbons (Fsp3) is 0.625. The summed E-state index contributed by atoms with van der Waals surface area (Å²) < 4.78 is 11.2. The van der Waals surface area contributed by atoms with Gasteiger partial charge in [-0.3, -0.25) is 0 Å². The first-order valence-corrected chi connectivity index (χ1v) is 7.77. The zero-order valence-corrected chi connectivity index (χ0v) is 13.7. The Balaban J connectivity index is 3.10. The first-order valence-electron chi connectivity index (χ1n) is 7.39. The van der Waals surface area contributed by atoms with Crippen LogP contribution in [0.4, 0.5) is 0 Å². The highest BCUT2D eigenvalue weighted by molar-refractivity contribution is 6.31. The van der Waals surface area contributed by atoms with Crippen molar-refractivity contribution in [1.82, 2.24) is 0 Å². The van der Waals surface area contributed by atoms with Gasteiger partial charge in [0.2, 0.25) is 0 Å². The summed E-state index contributed by atoms with van der Waals surface area (Å²) in [5.41, 5.74) is 7.26. The summed E-state index contributed by atoms with van der Waals surface area (Å²) in [4.78, 5) is 0. The molecule has 0 aromatic heterocycles. The molecule has 2 N–H and O–H groups in total. The number of hydrogen-bond acceptors (Lipinski definition) is 3. The Labute approximate surface area is 127 Å². The van der Waals surface area contributed by atoms with Gasteiger partial charge in [-0.25, -0.2) is 0 Å². The molecule has 4 heteroatoms. The third-order valence-electron chi connectivity index (χ3n) is 3.38. The van der Waals surface area contributed by atoms with Gasteiger partial charge in [0.15, 0.2) is 11.5 Å². The lowest BCUT2D eigenvalue weighted by atomic mass is 9.91. The number of hydrogen-bond donors (Lipinski definition) is 1. The number of halogens is 1. The molecular formula is C16H26ClNO2. The molecule has 0 radical (unpaired) electrons. The Morgan fingerprint density at radius 1 is 1.10 bits per heavy atom. The summed E-state index contributed by atoms with van der Waals surface area (Å²) >= 11 is 6.36. The molecule has 0 saturated carbocycles. The van der Waals surface area contributed by atoms with E-state index in [1.165, 1.54) is 0 Å². The Bertz CT molecular complexity index is 423. The first-order chi connectivity index (χ1) is 9.54. The molecule has 2 atom stereocenters. The number of benzene rings is 1. The highest BCUT2D eigenvalue weighted by atomic mass is 35.5. The van der Waals surface area contributed by atoms with Gasteiger partial charge in [-0.2, -0.15) is 0 Å². The van der Waals surface area contributed by atoms with Gasteiger partial charge in [-0.1, -0.05) is 31.9 Å². The third-order valence-corrected chi connectivity index (χ3v) is 3.71. The summed E-state index contributed by atoms with van der Waals surface area (Å²) in [5.74, 6) is 1.77. The van der Waals surface area contributed by atoms with E-state index in [1.807, 2.05) is 26.0 Å². The van der Waals surface area contributed by atoms with Gasteiger partial charge >= 0.3 is 0 Å². The molecule has 1 aromatic carbocycles. The van der Waals surface area contributed by atoms with Crippen molar-refractivity contribution in [2.24, 2.45) is 11.7 Å². The van der Waals surface area contributed by atoms with Gasteiger partial charge in [0, 0.05) is 17.1 Å². The zero-order chi connectivity index (χ0) is 15.1. The van der Waals surface area contributed by atoms with Crippen molar-refractivity contribution in [2.75, 3.05) is 13.2 Å². The SMILES string of the molecule is CCCC(C)C(N)c1cc(OCC)c(OCC)cc1Cl. The van der Waals surface area contributed by atoms with E-state index in [4.69, 9.17) is 26.8 Å². The summed E-state index contributed by atoms with van der Waals surface area (Å²) in [6.07, 6.45) is 2.19. The summed E-state index contributed by atoms with van der Waals surface area (Å²) in [7, 11) is 0. The number of ether oxygens (including phenoxy) is 2. The molecule has 20 heavy (non-hydrogen) atoms. The highest BCUT2D eigenvalue weighted by Crippen LogP contribution is 2.38. The monoisotopic (exact) mass is 299 g/mol. The molecule has 2 unspecified atom stereocenters. The van der Waals surface area contributed by atoms with E-state index < -0.39 is 0 Å². The van der Waals surface area contributed by atoms with Gasteiger partial charge in [0.05, 0.1) is 13.2 Å². The fourth-order valence-corrected chi connectivity index (χ4v) is 2.56. The quantitative estimate of drug-likeness (QED) is 0.764. The minimum atomic E-state index is -0.0858. The second-order valence-corrected chi connectivity index (χ2v) is 5.39. The van der Waals surface area contributed by atoms with Crippen molar-refractivity contribution in [3.8, 4) is 11.5 Å². The second-order valence-electron chi connectivity index (χ2n) is 4.98. The fourth-order valence-electron chi connectivity index (χ4n) is 2.28. The van der Waals surface area contributed by atoms with Gasteiger partial charge in [0.1, 0.15) is 0 Å². The molecule has 0 saturated heterocycles. The highest BCUT2D eigenvalue weighted by Gasteiger charge is 2.20. The van der Waals surface area contributed by atoms with Crippen LogP contribution >= 0.6 is 11.6 Å². The van der Waals surface area contributed by atoms with Crippen LogP contribution in [-0.2, 0) is 0 Å². The topological polar surface area (TPSA) is 44.5 Å². The van der Waals surface area contributed by atoms with Crippen LogP contribution in [0.5, 0.6) is 11.5 Å². The maximum Gasteiger partial charge on any atom is 0.162 e. The largest absolute Gasteiger partial charge is 0.490 e. The molecule has 114 valence electrons. The van der Waals surface area contributed by atoms with Gasteiger partial charge in [-0.05, 0) is 37.8 Å². The van der Waals surface area contributed by atoms with Crippen LogP contribution in [0.3, 0.4) is 0 Å². The summed E-state index contributed by atoms with van der Waals surface area (Å²) in [6, 6.07) is 3.65. The van der Waals surface area contributed by atoms with Crippen LogP contribution in [0.25, 0.3) is 0 Å². The molecule has 1 aromatic rings. The van der Waals surface area contributed by atoms with E-state index in [0.29, 0.717) is 35.7 Å². The van der Waals surface area contributed by atoms with Crippen LogP contribution in [0.2, 0.25) is 5.02 Å². The van der Waals surface area contributed by atoms with Crippen molar-refractivity contribution in [2.45, 2.75) is 46.6 Å². The molecule has 0 heterocycles.